The molecule has 0 radical (unpaired) electrons. The molecule has 2 amide bonds. The van der Waals surface area contributed by atoms with Crippen LogP contribution in [0.3, 0.4) is 0 Å². The van der Waals surface area contributed by atoms with Crippen LogP contribution in [0.4, 0.5) is 0 Å². The van der Waals surface area contributed by atoms with Crippen molar-refractivity contribution in [3.8, 4) is 0 Å². The molecule has 15 heavy (non-hydrogen) atoms. The van der Waals surface area contributed by atoms with Crippen LogP contribution in [0.15, 0.2) is 0 Å². The van der Waals surface area contributed by atoms with E-state index in [0.29, 0.717) is 0 Å². The predicted octanol–water partition coefficient (Wildman–Crippen LogP) is -2.90. The van der Waals surface area contributed by atoms with E-state index >= 15 is 0 Å². The van der Waals surface area contributed by atoms with Crippen LogP contribution < -0.4 is 10.6 Å². The molecular formula is C6H12N2O6S. The lowest BCUT2D eigenvalue weighted by molar-refractivity contribution is -0.127. The number of carbonyl (C=O) groups excluding carboxylic acids is 2. The van der Waals surface area contributed by atoms with Gasteiger partial charge in [-0.05, 0) is 0 Å². The third-order valence-corrected chi connectivity index (χ3v) is 1.99. The van der Waals surface area contributed by atoms with E-state index in [9.17, 15) is 18.0 Å². The van der Waals surface area contributed by atoms with Crippen molar-refractivity contribution in [1.82, 2.24) is 10.6 Å². The van der Waals surface area contributed by atoms with Gasteiger partial charge >= 0.3 is 0 Å². The van der Waals surface area contributed by atoms with Crippen molar-refractivity contribution in [2.75, 3.05) is 25.4 Å². The minimum absolute atomic E-state index is 0.243. The fraction of sp³-hybridized carbons (Fsp3) is 0.667. The van der Waals surface area contributed by atoms with Crippen LogP contribution in [-0.2, 0) is 19.7 Å². The smallest absolute Gasteiger partial charge is 0.266 e. The first-order valence-electron chi connectivity index (χ1n) is 3.94. The van der Waals surface area contributed by atoms with Crippen LogP contribution in [0.25, 0.3) is 0 Å². The highest BCUT2D eigenvalue weighted by atomic mass is 32.2. The normalized spacial score (nSPS) is 10.8. The van der Waals surface area contributed by atoms with Crippen LogP contribution in [0.2, 0.25) is 0 Å². The largest absolute Gasteiger partial charge is 0.387 e. The van der Waals surface area contributed by atoms with Gasteiger partial charge in [-0.25, -0.2) is 0 Å². The second-order valence-electron chi connectivity index (χ2n) is 2.57. The summed E-state index contributed by atoms with van der Waals surface area (Å²) in [6.07, 6.45) is 0. The summed E-state index contributed by atoms with van der Waals surface area (Å²) in [4.78, 5) is 21.3. The minimum atomic E-state index is -4.10. The summed E-state index contributed by atoms with van der Waals surface area (Å²) in [6, 6.07) is 0. The Labute approximate surface area is 86.4 Å². The highest BCUT2D eigenvalue weighted by Crippen LogP contribution is 1.78. The summed E-state index contributed by atoms with van der Waals surface area (Å²) in [5, 5.41) is 12.5. The quantitative estimate of drug-likeness (QED) is 0.368. The Bertz CT molecular complexity index is 325. The predicted molar refractivity (Wildman–Crippen MR) is 49.5 cm³/mol. The molecule has 0 atom stereocenters. The molecule has 0 aliphatic rings. The second-order valence-corrected chi connectivity index (χ2v) is 4.14. The molecule has 0 aromatic carbocycles. The SMILES string of the molecule is O=C(CO)NCC(=O)NCCS(=O)(=O)O. The van der Waals surface area contributed by atoms with Crippen molar-refractivity contribution >= 4 is 21.9 Å². The summed E-state index contributed by atoms with van der Waals surface area (Å²) < 4.78 is 28.8. The first-order valence-corrected chi connectivity index (χ1v) is 5.55. The van der Waals surface area contributed by atoms with Gasteiger partial charge in [0.05, 0.1) is 12.3 Å². The lowest BCUT2D eigenvalue weighted by Crippen LogP contribution is -2.39. The highest BCUT2D eigenvalue weighted by molar-refractivity contribution is 7.85. The molecule has 0 aliphatic carbocycles. The van der Waals surface area contributed by atoms with E-state index in [4.69, 9.17) is 9.66 Å². The molecule has 0 bridgehead atoms. The first kappa shape index (κ1) is 13.8. The average Bonchev–Trinajstić information content (AvgIpc) is 2.12. The molecule has 0 aromatic rings. The number of aliphatic hydroxyl groups is 1. The van der Waals surface area contributed by atoms with Gasteiger partial charge in [-0.3, -0.25) is 14.1 Å². The zero-order chi connectivity index (χ0) is 11.9. The van der Waals surface area contributed by atoms with Gasteiger partial charge in [-0.15, -0.1) is 0 Å². The van der Waals surface area contributed by atoms with Crippen molar-refractivity contribution in [1.29, 1.82) is 0 Å². The second kappa shape index (κ2) is 6.32. The molecule has 0 saturated carbocycles. The van der Waals surface area contributed by atoms with Crippen LogP contribution in [0, 0.1) is 0 Å². The topological polar surface area (TPSA) is 133 Å². The molecular weight excluding hydrogens is 228 g/mol. The molecule has 0 saturated heterocycles. The Kier molecular flexibility index (Phi) is 5.82. The van der Waals surface area contributed by atoms with Crippen LogP contribution in [0.5, 0.6) is 0 Å². The lowest BCUT2D eigenvalue weighted by Gasteiger charge is -2.04. The molecule has 0 unspecified atom stereocenters. The fourth-order valence-corrected chi connectivity index (χ4v) is 0.977. The minimum Gasteiger partial charge on any atom is -0.387 e. The van der Waals surface area contributed by atoms with Crippen LogP contribution >= 0.6 is 0 Å². The van der Waals surface area contributed by atoms with E-state index in [2.05, 4.69) is 10.6 Å². The maximum Gasteiger partial charge on any atom is 0.266 e. The van der Waals surface area contributed by atoms with Gasteiger partial charge in [0.2, 0.25) is 11.8 Å². The Morgan fingerprint density at radius 1 is 1.13 bits per heavy atom. The lowest BCUT2D eigenvalue weighted by atomic mass is 10.5. The highest BCUT2D eigenvalue weighted by Gasteiger charge is 2.07. The van der Waals surface area contributed by atoms with Crippen molar-refractivity contribution in [3.05, 3.63) is 0 Å². The van der Waals surface area contributed by atoms with Crippen LogP contribution in [-0.4, -0.2) is 55.3 Å². The van der Waals surface area contributed by atoms with E-state index in [1.54, 1.807) is 0 Å². The Hall–Kier alpha value is -1.19. The van der Waals surface area contributed by atoms with Crippen molar-refractivity contribution in [3.63, 3.8) is 0 Å². The number of hydrogen-bond donors (Lipinski definition) is 4. The van der Waals surface area contributed by atoms with Crippen molar-refractivity contribution in [2.45, 2.75) is 0 Å². The summed E-state index contributed by atoms with van der Waals surface area (Å²) in [5.74, 6) is -1.91. The summed E-state index contributed by atoms with van der Waals surface area (Å²) in [7, 11) is -4.10. The number of rotatable bonds is 6. The molecule has 0 spiro atoms. The van der Waals surface area contributed by atoms with Gasteiger partial charge in [0, 0.05) is 6.54 Å². The Morgan fingerprint density at radius 2 is 1.73 bits per heavy atom. The zero-order valence-corrected chi connectivity index (χ0v) is 8.58. The number of hydrogen-bond acceptors (Lipinski definition) is 5. The third kappa shape index (κ3) is 9.12. The van der Waals surface area contributed by atoms with Gasteiger partial charge in [-0.1, -0.05) is 0 Å². The average molecular weight is 240 g/mol. The van der Waals surface area contributed by atoms with E-state index < -0.39 is 34.3 Å². The summed E-state index contributed by atoms with van der Waals surface area (Å²) >= 11 is 0. The van der Waals surface area contributed by atoms with E-state index in [-0.39, 0.29) is 13.1 Å². The number of amides is 2. The number of aliphatic hydroxyl groups excluding tert-OH is 1. The molecule has 4 N–H and O–H groups in total. The van der Waals surface area contributed by atoms with Crippen molar-refractivity contribution in [2.24, 2.45) is 0 Å². The molecule has 0 fully saturated rings. The maximum atomic E-state index is 10.9. The molecule has 0 heterocycles. The molecule has 8 nitrogen and oxygen atoms in total. The Morgan fingerprint density at radius 3 is 2.20 bits per heavy atom. The van der Waals surface area contributed by atoms with Gasteiger partial charge in [0.25, 0.3) is 10.1 Å². The third-order valence-electron chi connectivity index (χ3n) is 1.27. The monoisotopic (exact) mass is 240 g/mol. The first-order chi connectivity index (χ1) is 6.85. The number of carbonyl (C=O) groups is 2. The standard InChI is InChI=1S/C6H12N2O6S/c9-4-6(11)8-3-5(10)7-1-2-15(12,13)14/h9H,1-4H2,(H,7,10)(H,8,11)(H,12,13,14). The maximum absolute atomic E-state index is 10.9. The summed E-state index contributed by atoms with van der Waals surface area (Å²) in [5.41, 5.74) is 0. The Balaban J connectivity index is 3.63. The zero-order valence-electron chi connectivity index (χ0n) is 7.76. The van der Waals surface area contributed by atoms with Gasteiger partial charge in [0.15, 0.2) is 0 Å². The molecule has 88 valence electrons. The summed E-state index contributed by atoms with van der Waals surface area (Å²) in [6.45, 7) is -1.32. The molecule has 0 aromatic heterocycles. The molecule has 9 heteroatoms. The van der Waals surface area contributed by atoms with Crippen molar-refractivity contribution < 1.29 is 27.7 Å². The molecule has 0 aliphatic heterocycles. The van der Waals surface area contributed by atoms with E-state index in [0.717, 1.165) is 0 Å². The number of nitrogens with one attached hydrogen (secondary N) is 2. The fourth-order valence-electron chi connectivity index (χ4n) is 0.617. The molecule has 0 rings (SSSR count). The van der Waals surface area contributed by atoms with E-state index in [1.165, 1.54) is 0 Å². The van der Waals surface area contributed by atoms with Crippen LogP contribution in [0.1, 0.15) is 0 Å². The van der Waals surface area contributed by atoms with E-state index in [1.807, 2.05) is 0 Å². The van der Waals surface area contributed by atoms with Gasteiger partial charge < -0.3 is 15.7 Å². The van der Waals surface area contributed by atoms with Gasteiger partial charge in [-0.2, -0.15) is 8.42 Å². The van der Waals surface area contributed by atoms with Gasteiger partial charge in [0.1, 0.15) is 6.61 Å².